The van der Waals surface area contributed by atoms with Crippen molar-refractivity contribution in [3.63, 3.8) is 0 Å². The van der Waals surface area contributed by atoms with Crippen molar-refractivity contribution in [3.8, 4) is 0 Å². The Labute approximate surface area is 182 Å². The second-order valence-corrected chi connectivity index (χ2v) is 8.10. The summed E-state index contributed by atoms with van der Waals surface area (Å²) < 4.78 is 6.16. The summed E-state index contributed by atoms with van der Waals surface area (Å²) >= 11 is 6.59. The average Bonchev–Trinajstić information content (AvgIpc) is 3.27. The Hall–Kier alpha value is -2.78. The standard InChI is InChI=1S/C26H27ClN2O/c1-5-10-18(11-6-2)25-26(19(12-7-3)17(4)27)29-16-23-21(15-24(29)28-25)20-13-8-9-14-22(20)30-23/h5,7-16,25-26H,6H2,1-4H3/b10-5-,12-7-,18-11+,19-17-. The maximum atomic E-state index is 6.59. The summed E-state index contributed by atoms with van der Waals surface area (Å²) in [5, 5.41) is 2.98. The van der Waals surface area contributed by atoms with Crippen LogP contribution in [0.3, 0.4) is 0 Å². The number of rotatable bonds is 5. The lowest BCUT2D eigenvalue weighted by Gasteiger charge is -2.29. The smallest absolute Gasteiger partial charge is 0.151 e. The first-order chi connectivity index (χ1) is 14.6. The zero-order valence-electron chi connectivity index (χ0n) is 17.9. The van der Waals surface area contributed by atoms with Gasteiger partial charge < -0.3 is 9.32 Å². The number of amidine groups is 1. The number of para-hydroxylation sites is 1. The minimum atomic E-state index is -0.0428. The van der Waals surface area contributed by atoms with Crippen LogP contribution in [0.1, 0.15) is 34.1 Å². The molecule has 0 fully saturated rings. The normalized spacial score (nSPS) is 22.1. The highest BCUT2D eigenvalue weighted by Gasteiger charge is 2.39. The van der Waals surface area contributed by atoms with E-state index in [0.29, 0.717) is 0 Å². The number of halogens is 1. The molecule has 0 N–H and O–H groups in total. The van der Waals surface area contributed by atoms with Gasteiger partial charge in [-0.25, -0.2) is 0 Å². The molecule has 3 heterocycles. The highest BCUT2D eigenvalue weighted by Crippen LogP contribution is 2.34. The van der Waals surface area contributed by atoms with Crippen LogP contribution in [0, 0.1) is 0 Å². The third kappa shape index (κ3) is 3.48. The average molecular weight is 419 g/mol. The van der Waals surface area contributed by atoms with E-state index in [0.717, 1.165) is 44.5 Å². The molecule has 0 radical (unpaired) electrons. The molecule has 2 unspecified atom stereocenters. The fourth-order valence-corrected chi connectivity index (χ4v) is 4.48. The van der Waals surface area contributed by atoms with Gasteiger partial charge in [-0.1, -0.05) is 67.1 Å². The van der Waals surface area contributed by atoms with Gasteiger partial charge in [-0.2, -0.15) is 0 Å². The van der Waals surface area contributed by atoms with Gasteiger partial charge >= 0.3 is 0 Å². The summed E-state index contributed by atoms with van der Waals surface area (Å²) in [7, 11) is 0. The molecule has 30 heavy (non-hydrogen) atoms. The van der Waals surface area contributed by atoms with E-state index in [4.69, 9.17) is 21.0 Å². The number of fused-ring (bicyclic) bond motifs is 4. The van der Waals surface area contributed by atoms with Crippen LogP contribution in [-0.4, -0.2) is 22.8 Å². The molecule has 0 aliphatic carbocycles. The Morgan fingerprint density at radius 1 is 1.20 bits per heavy atom. The molecule has 154 valence electrons. The highest BCUT2D eigenvalue weighted by molar-refractivity contribution is 6.30. The van der Waals surface area contributed by atoms with Crippen molar-refractivity contribution in [2.75, 3.05) is 0 Å². The molecular weight excluding hydrogens is 392 g/mol. The monoisotopic (exact) mass is 418 g/mol. The number of aliphatic imine (C=N–C) groups is 1. The Bertz CT molecular complexity index is 1240. The van der Waals surface area contributed by atoms with Gasteiger partial charge in [0.1, 0.15) is 17.5 Å². The van der Waals surface area contributed by atoms with Gasteiger partial charge in [-0.3, -0.25) is 4.99 Å². The quantitative estimate of drug-likeness (QED) is 0.607. The molecule has 0 saturated carbocycles. The maximum absolute atomic E-state index is 6.59. The van der Waals surface area contributed by atoms with E-state index in [-0.39, 0.29) is 12.1 Å². The molecule has 0 bridgehead atoms. The lowest BCUT2D eigenvalue weighted by atomic mass is 9.91. The summed E-state index contributed by atoms with van der Waals surface area (Å²) in [5.74, 6) is 0.940. The topological polar surface area (TPSA) is 28.7 Å². The lowest BCUT2D eigenvalue weighted by Crippen LogP contribution is -2.43. The highest BCUT2D eigenvalue weighted by atomic mass is 35.5. The van der Waals surface area contributed by atoms with Crippen LogP contribution in [0.25, 0.3) is 23.2 Å². The van der Waals surface area contributed by atoms with E-state index in [2.05, 4.69) is 54.5 Å². The number of nitrogens with zero attached hydrogens (tertiary/aromatic N) is 2. The van der Waals surface area contributed by atoms with Crippen molar-refractivity contribution in [1.82, 2.24) is 4.90 Å². The molecule has 4 rings (SSSR count). The summed E-state index contributed by atoms with van der Waals surface area (Å²) in [5.41, 5.74) is 4.02. The van der Waals surface area contributed by atoms with Gasteiger partial charge in [0.2, 0.25) is 0 Å². The van der Waals surface area contributed by atoms with Crippen LogP contribution in [0.15, 0.2) is 80.2 Å². The number of hydrogen-bond acceptors (Lipinski definition) is 3. The second kappa shape index (κ2) is 8.53. The van der Waals surface area contributed by atoms with Gasteiger partial charge in [-0.05, 0) is 50.5 Å². The minimum absolute atomic E-state index is 0.0275. The molecule has 4 heteroatoms. The number of furan rings is 1. The molecule has 2 aromatic rings. The Morgan fingerprint density at radius 2 is 1.97 bits per heavy atom. The predicted octanol–water partition coefficient (Wildman–Crippen LogP) is 5.42. The summed E-state index contributed by atoms with van der Waals surface area (Å²) in [4.78, 5) is 7.38. The van der Waals surface area contributed by atoms with Crippen LogP contribution < -0.4 is 10.6 Å². The van der Waals surface area contributed by atoms with Crippen molar-refractivity contribution in [2.24, 2.45) is 4.99 Å². The maximum Gasteiger partial charge on any atom is 0.151 e. The summed E-state index contributed by atoms with van der Waals surface area (Å²) in [6.07, 6.45) is 15.8. The molecular formula is C26H27ClN2O. The van der Waals surface area contributed by atoms with Crippen molar-refractivity contribution in [1.29, 1.82) is 0 Å². The molecule has 1 aromatic heterocycles. The first kappa shape index (κ1) is 20.5. The van der Waals surface area contributed by atoms with Crippen LogP contribution in [0.5, 0.6) is 0 Å². The first-order valence-corrected chi connectivity index (χ1v) is 10.9. The van der Waals surface area contributed by atoms with Crippen LogP contribution in [0.4, 0.5) is 0 Å². The lowest BCUT2D eigenvalue weighted by molar-refractivity contribution is 0.474. The zero-order chi connectivity index (χ0) is 21.3. The number of hydrogen-bond donors (Lipinski definition) is 0. The van der Waals surface area contributed by atoms with Crippen molar-refractivity contribution >= 4 is 40.7 Å². The van der Waals surface area contributed by atoms with E-state index in [1.807, 2.05) is 45.0 Å². The van der Waals surface area contributed by atoms with Gasteiger partial charge in [-0.15, -0.1) is 0 Å². The van der Waals surface area contributed by atoms with Crippen molar-refractivity contribution in [3.05, 3.63) is 81.5 Å². The molecule has 0 saturated heterocycles. The van der Waals surface area contributed by atoms with Gasteiger partial charge in [0.15, 0.2) is 5.42 Å². The fraction of sp³-hybridized carbons (Fsp3) is 0.269. The van der Waals surface area contributed by atoms with E-state index in [1.54, 1.807) is 0 Å². The van der Waals surface area contributed by atoms with Crippen LogP contribution >= 0.6 is 11.6 Å². The van der Waals surface area contributed by atoms with Gasteiger partial charge in [0, 0.05) is 21.8 Å². The summed E-state index contributed by atoms with van der Waals surface area (Å²) in [6, 6.07) is 8.07. The zero-order valence-corrected chi connectivity index (χ0v) is 18.6. The predicted molar refractivity (Wildman–Crippen MR) is 128 cm³/mol. The van der Waals surface area contributed by atoms with Crippen LogP contribution in [0.2, 0.25) is 0 Å². The van der Waals surface area contributed by atoms with E-state index >= 15 is 0 Å². The second-order valence-electron chi connectivity index (χ2n) is 7.54. The number of allylic oxidation sites excluding steroid dienone is 4. The SMILES string of the molecule is C/C=C\C(=C(/C)Cl)C1C(C(/C=C\C)=C/CC)N=C2C=c3c(oc4ccccc34)=CN21. The molecule has 0 spiro atoms. The molecule has 2 aliphatic heterocycles. The van der Waals surface area contributed by atoms with Crippen molar-refractivity contribution < 1.29 is 4.42 Å². The largest absolute Gasteiger partial charge is 0.455 e. The van der Waals surface area contributed by atoms with Gasteiger partial charge in [0.05, 0.1) is 6.04 Å². The molecule has 1 aromatic carbocycles. The third-order valence-corrected chi connectivity index (χ3v) is 5.75. The molecule has 2 atom stereocenters. The first-order valence-electron chi connectivity index (χ1n) is 10.5. The van der Waals surface area contributed by atoms with E-state index < -0.39 is 0 Å². The summed E-state index contributed by atoms with van der Waals surface area (Å²) in [6.45, 7) is 8.17. The van der Waals surface area contributed by atoms with E-state index in [1.165, 1.54) is 5.57 Å². The van der Waals surface area contributed by atoms with Crippen LogP contribution in [-0.2, 0) is 0 Å². The van der Waals surface area contributed by atoms with E-state index in [9.17, 15) is 0 Å². The Morgan fingerprint density at radius 3 is 2.67 bits per heavy atom. The Kier molecular flexibility index (Phi) is 5.83. The number of benzene rings is 1. The Balaban J connectivity index is 1.95. The van der Waals surface area contributed by atoms with Gasteiger partial charge in [0.25, 0.3) is 0 Å². The molecule has 2 aliphatic rings. The van der Waals surface area contributed by atoms with Crippen molar-refractivity contribution in [2.45, 2.75) is 46.2 Å². The molecule has 3 nitrogen and oxygen atoms in total. The minimum Gasteiger partial charge on any atom is -0.455 e. The third-order valence-electron chi connectivity index (χ3n) is 5.53. The fourth-order valence-electron chi connectivity index (χ4n) is 4.31. The molecule has 0 amide bonds.